The maximum atomic E-state index is 13.1. The Morgan fingerprint density at radius 1 is 1.20 bits per heavy atom. The first kappa shape index (κ1) is 17.5. The number of nitrogens with zero attached hydrogens (tertiary/aromatic N) is 3. The molecule has 2 aromatic heterocycles. The summed E-state index contributed by atoms with van der Waals surface area (Å²) >= 11 is 0. The molecule has 132 valence electrons. The summed E-state index contributed by atoms with van der Waals surface area (Å²) in [6.07, 6.45) is 7.12. The number of pyridine rings is 2. The van der Waals surface area contributed by atoms with Crippen molar-refractivity contribution in [3.8, 4) is 0 Å². The summed E-state index contributed by atoms with van der Waals surface area (Å²) < 4.78 is 0. The van der Waals surface area contributed by atoms with E-state index in [1.54, 1.807) is 12.4 Å². The monoisotopic (exact) mass is 338 g/mol. The van der Waals surface area contributed by atoms with E-state index in [4.69, 9.17) is 0 Å². The van der Waals surface area contributed by atoms with Gasteiger partial charge in [0, 0.05) is 24.1 Å². The van der Waals surface area contributed by atoms with Crippen molar-refractivity contribution >= 4 is 5.91 Å². The lowest BCUT2D eigenvalue weighted by atomic mass is 10.0. The minimum atomic E-state index is 0.156. The lowest BCUT2D eigenvalue weighted by molar-refractivity contribution is -0.133. The van der Waals surface area contributed by atoms with Gasteiger partial charge in [-0.05, 0) is 63.0 Å². The van der Waals surface area contributed by atoms with Crippen LogP contribution in [0.2, 0.25) is 0 Å². The number of hydrogen-bond donors (Lipinski definition) is 1. The standard InChI is InChI=1S/C20H26N4O/c1-16-7-8-17(14-23-16)13-20(25)24(15-18-5-2-3-11-22-18)19-6-4-10-21-12-9-19/h2-3,5,7-8,11,14,19,21H,4,6,9-10,12-13,15H2,1H3/t19-/m1/s1. The quantitative estimate of drug-likeness (QED) is 0.910. The normalized spacial score (nSPS) is 17.7. The molecule has 1 atom stereocenters. The molecule has 0 unspecified atom stereocenters. The van der Waals surface area contributed by atoms with E-state index in [1.807, 2.05) is 42.2 Å². The van der Waals surface area contributed by atoms with E-state index in [0.717, 1.165) is 49.3 Å². The minimum absolute atomic E-state index is 0.156. The lowest BCUT2D eigenvalue weighted by Crippen LogP contribution is -2.41. The molecule has 0 bridgehead atoms. The number of carbonyl (C=O) groups is 1. The number of aromatic nitrogens is 2. The molecule has 1 N–H and O–H groups in total. The van der Waals surface area contributed by atoms with Gasteiger partial charge in [0.2, 0.25) is 5.91 Å². The van der Waals surface area contributed by atoms with Crippen molar-refractivity contribution in [2.45, 2.75) is 45.2 Å². The number of aryl methyl sites for hydroxylation is 1. The first-order chi connectivity index (χ1) is 12.2. The van der Waals surface area contributed by atoms with Crippen LogP contribution in [0.3, 0.4) is 0 Å². The molecule has 5 heteroatoms. The molecule has 0 aromatic carbocycles. The van der Waals surface area contributed by atoms with Gasteiger partial charge in [-0.15, -0.1) is 0 Å². The molecule has 25 heavy (non-hydrogen) atoms. The Morgan fingerprint density at radius 2 is 2.12 bits per heavy atom. The van der Waals surface area contributed by atoms with Crippen molar-refractivity contribution in [3.63, 3.8) is 0 Å². The Hall–Kier alpha value is -2.27. The maximum Gasteiger partial charge on any atom is 0.227 e. The van der Waals surface area contributed by atoms with Crippen LogP contribution >= 0.6 is 0 Å². The summed E-state index contributed by atoms with van der Waals surface area (Å²) in [4.78, 5) is 23.8. The van der Waals surface area contributed by atoms with Crippen LogP contribution in [0, 0.1) is 6.92 Å². The first-order valence-electron chi connectivity index (χ1n) is 9.04. The van der Waals surface area contributed by atoms with E-state index < -0.39 is 0 Å². The molecule has 1 saturated heterocycles. The second kappa shape index (κ2) is 8.72. The van der Waals surface area contributed by atoms with E-state index >= 15 is 0 Å². The largest absolute Gasteiger partial charge is 0.333 e. The molecule has 0 saturated carbocycles. The highest BCUT2D eigenvalue weighted by atomic mass is 16.2. The average Bonchev–Trinajstić information content (AvgIpc) is 2.92. The Kier molecular flexibility index (Phi) is 6.12. The predicted octanol–water partition coefficient (Wildman–Crippen LogP) is 2.50. The SMILES string of the molecule is Cc1ccc(CC(=O)N(Cc2ccccn2)[C@@H]2CCCNCC2)cn1. The van der Waals surface area contributed by atoms with Crippen LogP contribution in [0.4, 0.5) is 0 Å². The minimum Gasteiger partial charge on any atom is -0.333 e. The van der Waals surface area contributed by atoms with Crippen molar-refractivity contribution in [1.82, 2.24) is 20.2 Å². The van der Waals surface area contributed by atoms with Crippen LogP contribution in [-0.2, 0) is 17.8 Å². The van der Waals surface area contributed by atoms with Crippen molar-refractivity contribution < 1.29 is 4.79 Å². The van der Waals surface area contributed by atoms with Gasteiger partial charge < -0.3 is 10.2 Å². The molecule has 0 spiro atoms. The number of rotatable bonds is 5. The molecule has 2 aromatic rings. The second-order valence-corrected chi connectivity index (χ2v) is 6.66. The zero-order valence-electron chi connectivity index (χ0n) is 14.8. The van der Waals surface area contributed by atoms with Crippen molar-refractivity contribution in [2.24, 2.45) is 0 Å². The van der Waals surface area contributed by atoms with E-state index in [0.29, 0.717) is 13.0 Å². The smallest absolute Gasteiger partial charge is 0.227 e. The fourth-order valence-corrected chi connectivity index (χ4v) is 3.28. The van der Waals surface area contributed by atoms with Gasteiger partial charge in [-0.25, -0.2) is 0 Å². The second-order valence-electron chi connectivity index (χ2n) is 6.66. The fraction of sp³-hybridized carbons (Fsp3) is 0.450. The summed E-state index contributed by atoms with van der Waals surface area (Å²) in [5, 5.41) is 3.43. The third-order valence-electron chi connectivity index (χ3n) is 4.69. The van der Waals surface area contributed by atoms with E-state index in [2.05, 4.69) is 15.3 Å². The summed E-state index contributed by atoms with van der Waals surface area (Å²) in [7, 11) is 0. The first-order valence-corrected chi connectivity index (χ1v) is 9.04. The van der Waals surface area contributed by atoms with E-state index in [1.165, 1.54) is 0 Å². The average molecular weight is 338 g/mol. The zero-order chi connectivity index (χ0) is 17.5. The van der Waals surface area contributed by atoms with Crippen LogP contribution in [0.1, 0.15) is 36.2 Å². The molecule has 3 heterocycles. The van der Waals surface area contributed by atoms with Crippen molar-refractivity contribution in [2.75, 3.05) is 13.1 Å². The molecule has 1 amide bonds. The molecule has 3 rings (SSSR count). The van der Waals surface area contributed by atoms with Gasteiger partial charge in [0.1, 0.15) is 0 Å². The topological polar surface area (TPSA) is 58.1 Å². The Bertz CT molecular complexity index is 664. The fourth-order valence-electron chi connectivity index (χ4n) is 3.28. The van der Waals surface area contributed by atoms with E-state index in [-0.39, 0.29) is 11.9 Å². The Labute approximate surface area is 149 Å². The summed E-state index contributed by atoms with van der Waals surface area (Å²) in [5.41, 5.74) is 2.87. The van der Waals surface area contributed by atoms with Gasteiger partial charge in [-0.1, -0.05) is 12.1 Å². The van der Waals surface area contributed by atoms with Crippen molar-refractivity contribution in [1.29, 1.82) is 0 Å². The number of carbonyl (C=O) groups excluding carboxylic acids is 1. The maximum absolute atomic E-state index is 13.1. The van der Waals surface area contributed by atoms with Gasteiger partial charge in [0.15, 0.2) is 0 Å². The molecular formula is C20H26N4O. The number of amides is 1. The zero-order valence-corrected chi connectivity index (χ0v) is 14.8. The highest BCUT2D eigenvalue weighted by Gasteiger charge is 2.25. The van der Waals surface area contributed by atoms with Gasteiger partial charge in [-0.2, -0.15) is 0 Å². The summed E-state index contributed by atoms with van der Waals surface area (Å²) in [6.45, 7) is 4.52. The van der Waals surface area contributed by atoms with Crippen LogP contribution in [0.5, 0.6) is 0 Å². The van der Waals surface area contributed by atoms with Crippen LogP contribution < -0.4 is 5.32 Å². The molecule has 0 aliphatic carbocycles. The third-order valence-corrected chi connectivity index (χ3v) is 4.69. The highest BCUT2D eigenvalue weighted by Crippen LogP contribution is 2.18. The molecular weight excluding hydrogens is 312 g/mol. The highest BCUT2D eigenvalue weighted by molar-refractivity contribution is 5.79. The Balaban J connectivity index is 1.76. The molecule has 0 radical (unpaired) electrons. The molecule has 1 fully saturated rings. The van der Waals surface area contributed by atoms with Crippen LogP contribution in [0.25, 0.3) is 0 Å². The van der Waals surface area contributed by atoms with Gasteiger partial charge in [-0.3, -0.25) is 14.8 Å². The predicted molar refractivity (Wildman–Crippen MR) is 98.0 cm³/mol. The Morgan fingerprint density at radius 3 is 2.88 bits per heavy atom. The van der Waals surface area contributed by atoms with E-state index in [9.17, 15) is 4.79 Å². The van der Waals surface area contributed by atoms with Gasteiger partial charge in [0.25, 0.3) is 0 Å². The molecule has 1 aliphatic heterocycles. The third kappa shape index (κ3) is 5.10. The lowest BCUT2D eigenvalue weighted by Gasteiger charge is -2.31. The summed E-state index contributed by atoms with van der Waals surface area (Å²) in [6, 6.07) is 10.1. The number of nitrogens with one attached hydrogen (secondary N) is 1. The van der Waals surface area contributed by atoms with Gasteiger partial charge in [0.05, 0.1) is 18.7 Å². The summed E-state index contributed by atoms with van der Waals surface area (Å²) in [5.74, 6) is 0.156. The molecule has 1 aliphatic rings. The number of hydrogen-bond acceptors (Lipinski definition) is 4. The van der Waals surface area contributed by atoms with Gasteiger partial charge >= 0.3 is 0 Å². The van der Waals surface area contributed by atoms with Crippen LogP contribution in [-0.4, -0.2) is 39.9 Å². The molecule has 5 nitrogen and oxygen atoms in total. The van der Waals surface area contributed by atoms with Crippen LogP contribution in [0.15, 0.2) is 42.7 Å². The van der Waals surface area contributed by atoms with Crippen molar-refractivity contribution in [3.05, 3.63) is 59.7 Å².